The molecule has 0 saturated heterocycles. The van der Waals surface area contributed by atoms with Gasteiger partial charge in [-0.05, 0) is 71.9 Å². The van der Waals surface area contributed by atoms with Crippen LogP contribution in [-0.4, -0.2) is 22.5 Å². The summed E-state index contributed by atoms with van der Waals surface area (Å²) in [6.07, 6.45) is 5.18. The van der Waals surface area contributed by atoms with Crippen molar-refractivity contribution in [1.29, 1.82) is 0 Å². The van der Waals surface area contributed by atoms with Crippen LogP contribution in [0.5, 0.6) is 0 Å². The lowest BCUT2D eigenvalue weighted by Gasteiger charge is -2.34. The number of rotatable bonds is 8. The van der Waals surface area contributed by atoms with Crippen LogP contribution in [0.25, 0.3) is 10.9 Å². The van der Waals surface area contributed by atoms with Crippen LogP contribution >= 0.6 is 0 Å². The molecule has 5 rings (SSSR count). The van der Waals surface area contributed by atoms with Gasteiger partial charge in [0.1, 0.15) is 5.54 Å². The van der Waals surface area contributed by atoms with Crippen molar-refractivity contribution in [3.8, 4) is 0 Å². The number of hydrogen-bond acceptors (Lipinski definition) is 2. The molecule has 1 unspecified atom stereocenters. The maximum Gasteiger partial charge on any atom is 0.320 e. The zero-order valence-electron chi connectivity index (χ0n) is 24.8. The number of fused-ring (bicyclic) bond motifs is 2. The summed E-state index contributed by atoms with van der Waals surface area (Å²) in [5.74, 6) is 0.272. The summed E-state index contributed by atoms with van der Waals surface area (Å²) in [4.78, 5) is 31.3. The molecular weight excluding hydrogens is 508 g/mol. The van der Waals surface area contributed by atoms with E-state index in [0.29, 0.717) is 6.42 Å². The normalized spacial score (nSPS) is 16.3. The van der Waals surface area contributed by atoms with E-state index in [1.165, 1.54) is 11.1 Å². The Hall–Kier alpha value is -4.06. The quantitative estimate of drug-likeness (QED) is 0.181. The third-order valence-corrected chi connectivity index (χ3v) is 8.40. The average molecular weight is 551 g/mol. The van der Waals surface area contributed by atoms with Crippen LogP contribution in [0.1, 0.15) is 93.2 Å². The molecule has 214 valence electrons. The third kappa shape index (κ3) is 6.02. The van der Waals surface area contributed by atoms with Gasteiger partial charge < -0.3 is 20.9 Å². The van der Waals surface area contributed by atoms with E-state index in [2.05, 4.69) is 79.0 Å². The lowest BCUT2D eigenvalue weighted by atomic mass is 9.86. The zero-order chi connectivity index (χ0) is 29.1. The van der Waals surface area contributed by atoms with Crippen molar-refractivity contribution in [2.75, 3.05) is 5.32 Å². The van der Waals surface area contributed by atoms with Gasteiger partial charge in [-0.15, -0.1) is 0 Å². The average Bonchev–Trinajstić information content (AvgIpc) is 3.35. The molecule has 6 heteroatoms. The highest BCUT2D eigenvalue weighted by molar-refractivity contribution is 5.97. The molecule has 3 amide bonds. The van der Waals surface area contributed by atoms with Gasteiger partial charge in [-0.25, -0.2) is 4.79 Å². The summed E-state index contributed by atoms with van der Waals surface area (Å²) < 4.78 is 0. The monoisotopic (exact) mass is 550 g/mol. The van der Waals surface area contributed by atoms with Gasteiger partial charge >= 0.3 is 6.03 Å². The van der Waals surface area contributed by atoms with Crippen molar-refractivity contribution in [2.24, 2.45) is 0 Å². The second-order valence-corrected chi connectivity index (χ2v) is 12.2. The van der Waals surface area contributed by atoms with Crippen LogP contribution in [0, 0.1) is 0 Å². The predicted octanol–water partition coefficient (Wildman–Crippen LogP) is 7.73. The number of nitrogens with one attached hydrogen (secondary N) is 4. The molecule has 1 heterocycles. The van der Waals surface area contributed by atoms with E-state index in [-0.39, 0.29) is 29.8 Å². The molecule has 4 aromatic rings. The fraction of sp³-hybridized carbons (Fsp3) is 0.371. The Labute approximate surface area is 243 Å². The topological polar surface area (TPSA) is 86.0 Å². The number of anilines is 1. The van der Waals surface area contributed by atoms with E-state index in [9.17, 15) is 9.59 Å². The summed E-state index contributed by atoms with van der Waals surface area (Å²) in [5, 5.41) is 10.6. The number of aromatic amines is 1. The van der Waals surface area contributed by atoms with Gasteiger partial charge in [-0.1, -0.05) is 88.4 Å². The molecule has 41 heavy (non-hydrogen) atoms. The van der Waals surface area contributed by atoms with Crippen LogP contribution in [0.4, 0.5) is 10.5 Å². The molecule has 2 atom stereocenters. The number of para-hydroxylation sites is 2. The van der Waals surface area contributed by atoms with Crippen LogP contribution in [-0.2, 0) is 17.6 Å². The molecule has 4 N–H and O–H groups in total. The van der Waals surface area contributed by atoms with Gasteiger partial charge in [0.15, 0.2) is 0 Å². The number of carbonyl (C=O) groups excluding carboxylic acids is 2. The van der Waals surface area contributed by atoms with Crippen LogP contribution in [0.3, 0.4) is 0 Å². The van der Waals surface area contributed by atoms with Crippen LogP contribution in [0.2, 0.25) is 0 Å². The molecule has 1 aliphatic rings. The van der Waals surface area contributed by atoms with Crippen LogP contribution < -0.4 is 16.0 Å². The molecule has 0 spiro atoms. The molecule has 0 saturated carbocycles. The summed E-state index contributed by atoms with van der Waals surface area (Å²) >= 11 is 0. The maximum absolute atomic E-state index is 14.2. The first-order valence-electron chi connectivity index (χ1n) is 14.8. The fourth-order valence-electron chi connectivity index (χ4n) is 6.15. The Bertz CT molecular complexity index is 1530. The minimum Gasteiger partial charge on any atom is -0.361 e. The van der Waals surface area contributed by atoms with E-state index >= 15 is 0 Å². The molecule has 0 aliphatic heterocycles. The van der Waals surface area contributed by atoms with Gasteiger partial charge in [-0.2, -0.15) is 0 Å². The Kier molecular flexibility index (Phi) is 8.20. The van der Waals surface area contributed by atoms with Gasteiger partial charge in [0.05, 0.1) is 6.04 Å². The minimum atomic E-state index is -1.20. The number of benzene rings is 3. The van der Waals surface area contributed by atoms with Crippen molar-refractivity contribution in [1.82, 2.24) is 15.6 Å². The zero-order valence-corrected chi connectivity index (χ0v) is 24.8. The first-order valence-corrected chi connectivity index (χ1v) is 14.8. The number of carbonyl (C=O) groups is 2. The number of hydrogen-bond donors (Lipinski definition) is 4. The lowest BCUT2D eigenvalue weighted by Crippen LogP contribution is -2.59. The van der Waals surface area contributed by atoms with E-state index < -0.39 is 5.54 Å². The number of H-pyrrole nitrogens is 1. The number of urea groups is 1. The van der Waals surface area contributed by atoms with Crippen LogP contribution in [0.15, 0.2) is 72.9 Å². The van der Waals surface area contributed by atoms with Gasteiger partial charge in [0.25, 0.3) is 0 Å². The second kappa shape index (κ2) is 11.8. The first-order chi connectivity index (χ1) is 19.7. The molecular formula is C35H42N4O2. The van der Waals surface area contributed by atoms with Crippen molar-refractivity contribution in [3.63, 3.8) is 0 Å². The second-order valence-electron chi connectivity index (χ2n) is 12.2. The van der Waals surface area contributed by atoms with Gasteiger partial charge in [0, 0.05) is 29.2 Å². The van der Waals surface area contributed by atoms with Gasteiger partial charge in [0.2, 0.25) is 5.91 Å². The summed E-state index contributed by atoms with van der Waals surface area (Å²) in [7, 11) is 0. The van der Waals surface area contributed by atoms with E-state index in [1.807, 2.05) is 49.5 Å². The molecule has 0 fully saturated rings. The molecule has 6 nitrogen and oxygen atoms in total. The van der Waals surface area contributed by atoms with E-state index in [0.717, 1.165) is 52.5 Å². The highest BCUT2D eigenvalue weighted by Crippen LogP contribution is 2.33. The Balaban J connectivity index is 1.46. The molecule has 0 radical (unpaired) electrons. The Morgan fingerprint density at radius 1 is 0.927 bits per heavy atom. The van der Waals surface area contributed by atoms with Gasteiger partial charge in [-0.3, -0.25) is 4.79 Å². The predicted molar refractivity (Wildman–Crippen MR) is 167 cm³/mol. The van der Waals surface area contributed by atoms with E-state index in [4.69, 9.17) is 0 Å². The summed E-state index contributed by atoms with van der Waals surface area (Å²) in [5.41, 5.74) is 6.20. The number of aromatic nitrogens is 1. The third-order valence-electron chi connectivity index (χ3n) is 8.40. The van der Waals surface area contributed by atoms with Crippen molar-refractivity contribution >= 4 is 28.5 Å². The summed E-state index contributed by atoms with van der Waals surface area (Å²) in [6.45, 7) is 10.3. The maximum atomic E-state index is 14.2. The van der Waals surface area contributed by atoms with Crippen molar-refractivity contribution in [3.05, 3.63) is 101 Å². The first kappa shape index (κ1) is 28.5. The van der Waals surface area contributed by atoms with Crippen molar-refractivity contribution in [2.45, 2.75) is 83.7 Å². The lowest BCUT2D eigenvalue weighted by molar-refractivity contribution is -0.127. The standard InChI is InChI=1S/C35H42N4O2/c1-22(2)26-16-11-17-27(23(3)4)32(26)38-34(41)39-35(5,20-25-21-36-30-18-9-8-15-29(25)30)33(40)37-31-19-10-13-24-12-6-7-14-28(24)31/h6-9,11-12,14-18,21-23,31,36H,10,13,19-20H2,1-5H3,(H,37,40)(H2,38,39,41)/t31?,35-/m1/s1. The Morgan fingerprint density at radius 3 is 2.34 bits per heavy atom. The minimum absolute atomic E-state index is 0.0891. The molecule has 3 aromatic carbocycles. The molecule has 1 aliphatic carbocycles. The SMILES string of the molecule is CC(C)c1cccc(C(C)C)c1NC(=O)N[C@](C)(Cc1c[nH]c2ccccc12)C(=O)NC1CCCc2ccccc21. The van der Waals surface area contributed by atoms with E-state index in [1.54, 1.807) is 0 Å². The molecule has 1 aromatic heterocycles. The molecule has 0 bridgehead atoms. The largest absolute Gasteiger partial charge is 0.361 e. The highest BCUT2D eigenvalue weighted by atomic mass is 16.2. The Morgan fingerprint density at radius 2 is 1.61 bits per heavy atom. The highest BCUT2D eigenvalue weighted by Gasteiger charge is 2.38. The smallest absolute Gasteiger partial charge is 0.320 e. The summed E-state index contributed by atoms with van der Waals surface area (Å²) in [6, 6.07) is 22.1. The number of aryl methyl sites for hydroxylation is 1. The number of amides is 3. The van der Waals surface area contributed by atoms with Crippen molar-refractivity contribution < 1.29 is 9.59 Å². The fourth-order valence-corrected chi connectivity index (χ4v) is 6.15.